The van der Waals surface area contributed by atoms with Crippen molar-refractivity contribution in [3.05, 3.63) is 59.2 Å². The minimum atomic E-state index is -0.756. The zero-order valence-corrected chi connectivity index (χ0v) is 18.7. The summed E-state index contributed by atoms with van der Waals surface area (Å²) in [5.74, 6) is -1.29. The number of hydrogen-bond acceptors (Lipinski definition) is 5. The third-order valence-corrected chi connectivity index (χ3v) is 7.32. The van der Waals surface area contributed by atoms with Gasteiger partial charge in [0, 0.05) is 54.5 Å². The van der Waals surface area contributed by atoms with E-state index in [2.05, 4.69) is 20.5 Å². The van der Waals surface area contributed by atoms with Gasteiger partial charge in [0.2, 0.25) is 5.95 Å². The molecule has 3 aliphatic rings. The van der Waals surface area contributed by atoms with Crippen molar-refractivity contribution in [2.75, 3.05) is 32.7 Å². The molecule has 1 aromatic carbocycles. The van der Waals surface area contributed by atoms with Gasteiger partial charge in [-0.2, -0.15) is 4.39 Å². The summed E-state index contributed by atoms with van der Waals surface area (Å²) >= 11 is 0. The number of piperidine rings is 1. The SMILES string of the molecule is Fc1cc(F)c(OCc2cccnc2F)c(C2CC2NCCC2CCN(C3CNC3)CC2)c1. The molecule has 178 valence electrons. The van der Waals surface area contributed by atoms with Gasteiger partial charge in [-0.05, 0) is 69.4 Å². The van der Waals surface area contributed by atoms with Crippen molar-refractivity contribution in [3.63, 3.8) is 0 Å². The molecule has 0 amide bonds. The van der Waals surface area contributed by atoms with E-state index in [0.29, 0.717) is 5.56 Å². The second-order valence-corrected chi connectivity index (χ2v) is 9.53. The van der Waals surface area contributed by atoms with E-state index in [1.54, 1.807) is 12.1 Å². The normalized spacial score (nSPS) is 24.0. The Kier molecular flexibility index (Phi) is 6.85. The Morgan fingerprint density at radius 1 is 1.15 bits per heavy atom. The van der Waals surface area contributed by atoms with Crippen LogP contribution in [-0.2, 0) is 6.61 Å². The summed E-state index contributed by atoms with van der Waals surface area (Å²) in [7, 11) is 0. The monoisotopic (exact) mass is 460 g/mol. The Labute approximate surface area is 192 Å². The number of hydrogen-bond donors (Lipinski definition) is 2. The van der Waals surface area contributed by atoms with Crippen LogP contribution < -0.4 is 15.4 Å². The molecule has 2 atom stereocenters. The fourth-order valence-electron chi connectivity index (χ4n) is 5.06. The Morgan fingerprint density at radius 2 is 1.97 bits per heavy atom. The van der Waals surface area contributed by atoms with Crippen molar-refractivity contribution >= 4 is 0 Å². The number of nitrogens with one attached hydrogen (secondary N) is 2. The Morgan fingerprint density at radius 3 is 2.70 bits per heavy atom. The van der Waals surface area contributed by atoms with E-state index in [0.717, 1.165) is 50.5 Å². The van der Waals surface area contributed by atoms with Crippen LogP contribution >= 0.6 is 0 Å². The molecule has 3 fully saturated rings. The van der Waals surface area contributed by atoms with Crippen LogP contribution in [0.15, 0.2) is 30.5 Å². The van der Waals surface area contributed by atoms with Crippen molar-refractivity contribution in [3.8, 4) is 5.75 Å². The van der Waals surface area contributed by atoms with Crippen LogP contribution in [0, 0.1) is 23.5 Å². The molecule has 33 heavy (non-hydrogen) atoms. The fraction of sp³-hybridized carbons (Fsp3) is 0.560. The van der Waals surface area contributed by atoms with E-state index in [9.17, 15) is 13.2 Å². The van der Waals surface area contributed by atoms with E-state index >= 15 is 0 Å². The minimum Gasteiger partial charge on any atom is -0.485 e. The van der Waals surface area contributed by atoms with Gasteiger partial charge in [-0.3, -0.25) is 4.90 Å². The Hall–Kier alpha value is -2.16. The zero-order valence-electron chi connectivity index (χ0n) is 18.7. The zero-order chi connectivity index (χ0) is 22.8. The summed E-state index contributed by atoms with van der Waals surface area (Å²) in [5, 5.41) is 6.91. The molecule has 8 heteroatoms. The van der Waals surface area contributed by atoms with E-state index in [1.165, 1.54) is 38.2 Å². The van der Waals surface area contributed by atoms with E-state index in [1.807, 2.05) is 0 Å². The van der Waals surface area contributed by atoms with Gasteiger partial charge in [-0.1, -0.05) is 0 Å². The number of nitrogens with zero attached hydrogens (tertiary/aromatic N) is 2. The number of pyridine rings is 1. The van der Waals surface area contributed by atoms with Gasteiger partial charge in [0.05, 0.1) is 0 Å². The quantitative estimate of drug-likeness (QED) is 0.560. The van der Waals surface area contributed by atoms with Crippen LogP contribution in [0.4, 0.5) is 13.2 Å². The van der Waals surface area contributed by atoms with Crippen LogP contribution in [0.5, 0.6) is 5.75 Å². The highest BCUT2D eigenvalue weighted by Gasteiger charge is 2.41. The molecular formula is C25H31F3N4O. The van der Waals surface area contributed by atoms with Gasteiger partial charge < -0.3 is 15.4 Å². The molecule has 5 nitrogen and oxygen atoms in total. The summed E-state index contributed by atoms with van der Waals surface area (Å²) in [5.41, 5.74) is 0.744. The lowest BCUT2D eigenvalue weighted by Gasteiger charge is -2.42. The molecule has 2 unspecified atom stereocenters. The van der Waals surface area contributed by atoms with E-state index < -0.39 is 17.6 Å². The van der Waals surface area contributed by atoms with Gasteiger partial charge in [-0.25, -0.2) is 13.8 Å². The maximum absolute atomic E-state index is 14.5. The van der Waals surface area contributed by atoms with Crippen molar-refractivity contribution in [2.45, 2.75) is 50.3 Å². The molecule has 2 aliphatic heterocycles. The summed E-state index contributed by atoms with van der Waals surface area (Å²) in [6.07, 6.45) is 5.77. The number of benzene rings is 1. The first-order valence-electron chi connectivity index (χ1n) is 12.0. The molecule has 5 rings (SSSR count). The van der Waals surface area contributed by atoms with Crippen LogP contribution in [0.1, 0.15) is 42.7 Å². The summed E-state index contributed by atoms with van der Waals surface area (Å²) < 4.78 is 47.9. The Bertz CT molecular complexity index is 963. The van der Waals surface area contributed by atoms with Crippen molar-refractivity contribution < 1.29 is 17.9 Å². The maximum atomic E-state index is 14.5. The summed E-state index contributed by atoms with van der Waals surface area (Å²) in [6.45, 7) is 5.37. The van der Waals surface area contributed by atoms with Gasteiger partial charge >= 0.3 is 0 Å². The number of halogens is 3. The molecule has 0 bridgehead atoms. The van der Waals surface area contributed by atoms with Gasteiger partial charge in [0.15, 0.2) is 11.6 Å². The van der Waals surface area contributed by atoms with Crippen LogP contribution in [0.2, 0.25) is 0 Å². The molecule has 0 spiro atoms. The summed E-state index contributed by atoms with van der Waals surface area (Å²) in [6, 6.07) is 6.21. The minimum absolute atomic E-state index is 0.00286. The molecule has 1 aliphatic carbocycles. The second-order valence-electron chi connectivity index (χ2n) is 9.53. The molecule has 2 saturated heterocycles. The maximum Gasteiger partial charge on any atom is 0.219 e. The number of likely N-dealkylation sites (tertiary alicyclic amines) is 1. The molecule has 0 radical (unpaired) electrons. The number of aromatic nitrogens is 1. The number of ether oxygens (including phenoxy) is 1. The van der Waals surface area contributed by atoms with E-state index in [4.69, 9.17) is 4.74 Å². The highest BCUT2D eigenvalue weighted by atomic mass is 19.1. The van der Waals surface area contributed by atoms with Gasteiger partial charge in [0.1, 0.15) is 12.4 Å². The predicted molar refractivity (Wildman–Crippen MR) is 120 cm³/mol. The lowest BCUT2D eigenvalue weighted by atomic mass is 9.92. The van der Waals surface area contributed by atoms with E-state index in [-0.39, 0.29) is 29.9 Å². The molecule has 2 N–H and O–H groups in total. The van der Waals surface area contributed by atoms with Crippen LogP contribution in [-0.4, -0.2) is 54.7 Å². The van der Waals surface area contributed by atoms with Crippen molar-refractivity contribution in [2.24, 2.45) is 5.92 Å². The topological polar surface area (TPSA) is 49.4 Å². The lowest BCUT2D eigenvalue weighted by Crippen LogP contribution is -2.58. The molecule has 1 saturated carbocycles. The average molecular weight is 461 g/mol. The fourth-order valence-corrected chi connectivity index (χ4v) is 5.06. The first-order valence-corrected chi connectivity index (χ1v) is 12.0. The van der Waals surface area contributed by atoms with Gasteiger partial charge in [-0.15, -0.1) is 0 Å². The van der Waals surface area contributed by atoms with Crippen LogP contribution in [0.25, 0.3) is 0 Å². The third-order valence-electron chi connectivity index (χ3n) is 7.32. The first kappa shape index (κ1) is 22.6. The van der Waals surface area contributed by atoms with Crippen molar-refractivity contribution in [1.29, 1.82) is 0 Å². The molecule has 3 heterocycles. The number of rotatable bonds is 9. The lowest BCUT2D eigenvalue weighted by molar-refractivity contribution is 0.0965. The molecular weight excluding hydrogens is 429 g/mol. The predicted octanol–water partition coefficient (Wildman–Crippen LogP) is 3.60. The Balaban J connectivity index is 1.12. The van der Waals surface area contributed by atoms with Crippen LogP contribution in [0.3, 0.4) is 0 Å². The highest BCUT2D eigenvalue weighted by molar-refractivity contribution is 5.42. The molecule has 1 aromatic heterocycles. The smallest absolute Gasteiger partial charge is 0.219 e. The molecule has 2 aromatic rings. The van der Waals surface area contributed by atoms with Crippen molar-refractivity contribution in [1.82, 2.24) is 20.5 Å². The summed E-state index contributed by atoms with van der Waals surface area (Å²) in [4.78, 5) is 6.19. The average Bonchev–Trinajstić information content (AvgIpc) is 3.53. The standard InChI is InChI=1S/C25H31F3N4O/c26-18-10-21(24(22(27)11-18)33-15-17-2-1-6-31-25(17)28)20-12-23(20)30-7-3-16-4-8-32(9-5-16)19-13-29-14-19/h1-2,6,10-11,16,19-20,23,29-30H,3-5,7-9,12-15H2. The largest absolute Gasteiger partial charge is 0.485 e. The van der Waals surface area contributed by atoms with Gasteiger partial charge in [0.25, 0.3) is 0 Å². The first-order chi connectivity index (χ1) is 16.1. The highest BCUT2D eigenvalue weighted by Crippen LogP contribution is 2.46. The second kappa shape index (κ2) is 9.99. The third kappa shape index (κ3) is 5.34.